The summed E-state index contributed by atoms with van der Waals surface area (Å²) in [5.74, 6) is -0.612. The second-order valence-electron chi connectivity index (χ2n) is 6.08. The summed E-state index contributed by atoms with van der Waals surface area (Å²) in [6.45, 7) is 1.85. The lowest BCUT2D eigenvalue weighted by molar-refractivity contribution is 0.0512. The molecule has 3 aromatic rings. The number of hydrogen-bond donors (Lipinski definition) is 0. The predicted molar refractivity (Wildman–Crippen MR) is 94.2 cm³/mol. The van der Waals surface area contributed by atoms with Gasteiger partial charge in [-0.15, -0.1) is 0 Å². The minimum absolute atomic E-state index is 0.0888. The molecule has 0 saturated heterocycles. The normalized spacial score (nSPS) is 13.6. The molecular formula is C18H15ClN4O4. The maximum absolute atomic E-state index is 13.2. The smallest absolute Gasteiger partial charge is 0.361 e. The number of carbonyl (C=O) groups is 2. The SMILES string of the molecule is CCOC(=O)c1noc(C2CC2)c1C(=O)c1ccc(-n2nccn2)cc1Cl. The number of ketones is 1. The Labute approximate surface area is 159 Å². The van der Waals surface area contributed by atoms with E-state index in [2.05, 4.69) is 15.4 Å². The monoisotopic (exact) mass is 386 g/mol. The van der Waals surface area contributed by atoms with E-state index < -0.39 is 11.8 Å². The molecule has 8 nitrogen and oxygen atoms in total. The van der Waals surface area contributed by atoms with Crippen molar-refractivity contribution in [1.82, 2.24) is 20.2 Å². The van der Waals surface area contributed by atoms with Crippen LogP contribution in [0.15, 0.2) is 35.1 Å². The first kappa shape index (κ1) is 17.4. The van der Waals surface area contributed by atoms with Crippen LogP contribution in [-0.2, 0) is 4.74 Å². The van der Waals surface area contributed by atoms with Gasteiger partial charge in [0.2, 0.25) is 11.5 Å². The third-order valence-corrected chi connectivity index (χ3v) is 4.52. The van der Waals surface area contributed by atoms with Crippen molar-refractivity contribution in [3.8, 4) is 5.69 Å². The van der Waals surface area contributed by atoms with Gasteiger partial charge in [-0.1, -0.05) is 16.8 Å². The highest BCUT2D eigenvalue weighted by molar-refractivity contribution is 6.35. The predicted octanol–water partition coefficient (Wildman–Crippen LogP) is 3.19. The number of benzene rings is 1. The summed E-state index contributed by atoms with van der Waals surface area (Å²) in [5, 5.41) is 12.1. The molecule has 0 N–H and O–H groups in total. The summed E-state index contributed by atoms with van der Waals surface area (Å²) in [5.41, 5.74) is 0.864. The Morgan fingerprint density at radius 2 is 2.04 bits per heavy atom. The molecule has 0 aliphatic heterocycles. The van der Waals surface area contributed by atoms with Crippen molar-refractivity contribution in [1.29, 1.82) is 0 Å². The number of carbonyl (C=O) groups excluding carboxylic acids is 2. The van der Waals surface area contributed by atoms with Gasteiger partial charge in [0.05, 0.1) is 29.7 Å². The van der Waals surface area contributed by atoms with Crippen LogP contribution in [-0.4, -0.2) is 38.5 Å². The van der Waals surface area contributed by atoms with Crippen LogP contribution in [0, 0.1) is 0 Å². The van der Waals surface area contributed by atoms with E-state index in [1.54, 1.807) is 25.1 Å². The molecule has 0 amide bonds. The highest BCUT2D eigenvalue weighted by Crippen LogP contribution is 2.43. The van der Waals surface area contributed by atoms with Crippen LogP contribution in [0.5, 0.6) is 0 Å². The average Bonchev–Trinajstić information content (AvgIpc) is 3.19. The fourth-order valence-corrected chi connectivity index (χ4v) is 3.04. The van der Waals surface area contributed by atoms with E-state index >= 15 is 0 Å². The Morgan fingerprint density at radius 3 is 2.67 bits per heavy atom. The molecule has 0 spiro atoms. The molecule has 9 heteroatoms. The van der Waals surface area contributed by atoms with Gasteiger partial charge in [-0.2, -0.15) is 15.0 Å². The quantitative estimate of drug-likeness (QED) is 0.473. The Bertz CT molecular complexity index is 1010. The van der Waals surface area contributed by atoms with Crippen LogP contribution in [0.25, 0.3) is 5.69 Å². The minimum atomic E-state index is -0.690. The molecule has 1 aromatic carbocycles. The molecule has 0 atom stereocenters. The third kappa shape index (κ3) is 3.23. The highest BCUT2D eigenvalue weighted by atomic mass is 35.5. The molecule has 1 fully saturated rings. The van der Waals surface area contributed by atoms with Crippen LogP contribution in [0.1, 0.15) is 57.9 Å². The van der Waals surface area contributed by atoms with Crippen LogP contribution >= 0.6 is 11.6 Å². The molecule has 1 aliphatic carbocycles. The van der Waals surface area contributed by atoms with Crippen molar-refractivity contribution in [3.05, 3.63) is 58.2 Å². The van der Waals surface area contributed by atoms with Crippen molar-refractivity contribution in [2.45, 2.75) is 25.7 Å². The standard InChI is InChI=1S/C18H15ClN4O4/c1-2-26-18(25)15-14(17(27-22-15)10-3-4-10)16(24)12-6-5-11(9-13(12)19)23-20-7-8-21-23/h5-10H,2-4H2,1H3. The Balaban J connectivity index is 1.74. The lowest BCUT2D eigenvalue weighted by Gasteiger charge is -2.07. The zero-order chi connectivity index (χ0) is 19.0. The first-order valence-electron chi connectivity index (χ1n) is 8.47. The van der Waals surface area contributed by atoms with Gasteiger partial charge in [0.15, 0.2) is 5.76 Å². The van der Waals surface area contributed by atoms with Crippen molar-refractivity contribution >= 4 is 23.4 Å². The molecule has 2 aromatic heterocycles. The third-order valence-electron chi connectivity index (χ3n) is 4.21. The average molecular weight is 387 g/mol. The number of aromatic nitrogens is 4. The first-order valence-corrected chi connectivity index (χ1v) is 8.85. The van der Waals surface area contributed by atoms with Crippen molar-refractivity contribution < 1.29 is 18.8 Å². The summed E-state index contributed by atoms with van der Waals surface area (Å²) in [6.07, 6.45) is 4.85. The highest BCUT2D eigenvalue weighted by Gasteiger charge is 2.38. The molecule has 4 rings (SSSR count). The van der Waals surface area contributed by atoms with Gasteiger partial charge in [-0.05, 0) is 38.0 Å². The Morgan fingerprint density at radius 1 is 1.30 bits per heavy atom. The molecule has 0 radical (unpaired) electrons. The molecular weight excluding hydrogens is 372 g/mol. The Hall–Kier alpha value is -3.00. The molecule has 1 saturated carbocycles. The number of nitrogens with zero attached hydrogens (tertiary/aromatic N) is 4. The second-order valence-corrected chi connectivity index (χ2v) is 6.48. The lowest BCUT2D eigenvalue weighted by atomic mass is 9.99. The van der Waals surface area contributed by atoms with Crippen LogP contribution in [0.3, 0.4) is 0 Å². The molecule has 138 valence electrons. The minimum Gasteiger partial charge on any atom is -0.461 e. The lowest BCUT2D eigenvalue weighted by Crippen LogP contribution is -2.13. The topological polar surface area (TPSA) is 100 Å². The van der Waals surface area contributed by atoms with E-state index in [0.717, 1.165) is 12.8 Å². The van der Waals surface area contributed by atoms with Gasteiger partial charge in [-0.3, -0.25) is 4.79 Å². The van der Waals surface area contributed by atoms with Crippen molar-refractivity contribution in [2.75, 3.05) is 6.61 Å². The molecule has 2 heterocycles. The van der Waals surface area contributed by atoms with E-state index in [1.807, 2.05) is 0 Å². The van der Waals surface area contributed by atoms with Gasteiger partial charge >= 0.3 is 5.97 Å². The second kappa shape index (κ2) is 6.96. The number of hydrogen-bond acceptors (Lipinski definition) is 7. The molecule has 27 heavy (non-hydrogen) atoms. The van der Waals surface area contributed by atoms with E-state index in [-0.39, 0.29) is 34.4 Å². The number of esters is 1. The Kier molecular flexibility index (Phi) is 4.49. The summed E-state index contributed by atoms with van der Waals surface area (Å²) in [6, 6.07) is 4.83. The van der Waals surface area contributed by atoms with Crippen LogP contribution in [0.2, 0.25) is 5.02 Å². The zero-order valence-electron chi connectivity index (χ0n) is 14.4. The van der Waals surface area contributed by atoms with Gasteiger partial charge in [0.25, 0.3) is 0 Å². The number of halogens is 1. The van der Waals surface area contributed by atoms with Crippen molar-refractivity contribution in [3.63, 3.8) is 0 Å². The summed E-state index contributed by atoms with van der Waals surface area (Å²) in [7, 11) is 0. The fourth-order valence-electron chi connectivity index (χ4n) is 2.78. The maximum atomic E-state index is 13.2. The van der Waals surface area contributed by atoms with E-state index in [0.29, 0.717) is 11.4 Å². The first-order chi connectivity index (χ1) is 13.1. The van der Waals surface area contributed by atoms with E-state index in [1.165, 1.54) is 17.2 Å². The van der Waals surface area contributed by atoms with E-state index in [9.17, 15) is 9.59 Å². The van der Waals surface area contributed by atoms with Gasteiger partial charge in [-0.25, -0.2) is 4.79 Å². The van der Waals surface area contributed by atoms with Gasteiger partial charge in [0.1, 0.15) is 5.56 Å². The van der Waals surface area contributed by atoms with Crippen molar-refractivity contribution in [2.24, 2.45) is 0 Å². The van der Waals surface area contributed by atoms with Gasteiger partial charge in [0, 0.05) is 11.5 Å². The molecule has 1 aliphatic rings. The summed E-state index contributed by atoms with van der Waals surface area (Å²) in [4.78, 5) is 26.8. The molecule has 0 unspecified atom stereocenters. The van der Waals surface area contributed by atoms with Crippen LogP contribution < -0.4 is 0 Å². The largest absolute Gasteiger partial charge is 0.461 e. The number of ether oxygens (including phenoxy) is 1. The fraction of sp³-hybridized carbons (Fsp3) is 0.278. The van der Waals surface area contributed by atoms with E-state index in [4.69, 9.17) is 20.9 Å². The van der Waals surface area contributed by atoms with Crippen LogP contribution in [0.4, 0.5) is 0 Å². The molecule has 0 bridgehead atoms. The summed E-state index contributed by atoms with van der Waals surface area (Å²) < 4.78 is 10.3. The van der Waals surface area contributed by atoms with Gasteiger partial charge < -0.3 is 9.26 Å². The number of rotatable bonds is 6. The summed E-state index contributed by atoms with van der Waals surface area (Å²) >= 11 is 6.34. The zero-order valence-corrected chi connectivity index (χ0v) is 15.1. The maximum Gasteiger partial charge on any atom is 0.361 e.